The average molecular weight is 190 g/mol. The number of rotatable bonds is 2. The third-order valence-electron chi connectivity index (χ3n) is 2.10. The van der Waals surface area contributed by atoms with Gasteiger partial charge in [-0.2, -0.15) is 0 Å². The molecule has 0 saturated carbocycles. The van der Waals surface area contributed by atoms with E-state index in [1.807, 2.05) is 12.1 Å². The van der Waals surface area contributed by atoms with Crippen LogP contribution < -0.4 is 9.47 Å². The van der Waals surface area contributed by atoms with Crippen molar-refractivity contribution >= 4 is 0 Å². The summed E-state index contributed by atoms with van der Waals surface area (Å²) < 4.78 is 10.6. The van der Waals surface area contributed by atoms with Crippen LogP contribution in [0.2, 0.25) is 0 Å². The van der Waals surface area contributed by atoms with Crippen molar-refractivity contribution in [3.63, 3.8) is 0 Å². The van der Waals surface area contributed by atoms with Crippen molar-refractivity contribution in [1.82, 2.24) is 0 Å². The van der Waals surface area contributed by atoms with Gasteiger partial charge >= 0.3 is 0 Å². The fraction of sp³-hybridized carbons (Fsp3) is 0.333. The van der Waals surface area contributed by atoms with E-state index < -0.39 is 0 Å². The van der Waals surface area contributed by atoms with Crippen LogP contribution in [0.25, 0.3) is 0 Å². The highest BCUT2D eigenvalue weighted by Gasteiger charge is 2.09. The third-order valence-corrected chi connectivity index (χ3v) is 2.10. The van der Waals surface area contributed by atoms with Crippen molar-refractivity contribution in [2.24, 2.45) is 5.92 Å². The highest BCUT2D eigenvalue weighted by Crippen LogP contribution is 2.31. The van der Waals surface area contributed by atoms with Gasteiger partial charge in [-0.3, -0.25) is 0 Å². The summed E-state index contributed by atoms with van der Waals surface area (Å²) >= 11 is 0. The zero-order valence-electron chi connectivity index (χ0n) is 8.49. The lowest BCUT2D eigenvalue weighted by Crippen LogP contribution is -1.99. The molecule has 14 heavy (non-hydrogen) atoms. The van der Waals surface area contributed by atoms with Gasteiger partial charge in [0, 0.05) is 0 Å². The number of fused-ring (bicyclic) bond motifs is 1. The zero-order chi connectivity index (χ0) is 9.97. The maximum absolute atomic E-state index is 5.34. The Labute approximate surface area is 84.2 Å². The van der Waals surface area contributed by atoms with Gasteiger partial charge in [-0.15, -0.1) is 0 Å². The Morgan fingerprint density at radius 1 is 1.07 bits per heavy atom. The Balaban J connectivity index is 2.23. The lowest BCUT2D eigenvalue weighted by atomic mass is 10.0. The molecule has 1 heterocycles. The second-order valence-electron chi connectivity index (χ2n) is 3.89. The lowest BCUT2D eigenvalue weighted by molar-refractivity contribution is 0.361. The van der Waals surface area contributed by atoms with E-state index in [1.165, 1.54) is 5.56 Å². The van der Waals surface area contributed by atoms with E-state index in [1.54, 1.807) is 12.5 Å². The second-order valence-corrected chi connectivity index (χ2v) is 3.89. The Morgan fingerprint density at radius 2 is 1.79 bits per heavy atom. The molecule has 2 rings (SSSR count). The van der Waals surface area contributed by atoms with Gasteiger partial charge in [-0.25, -0.2) is 0 Å². The van der Waals surface area contributed by atoms with Crippen LogP contribution in [0.1, 0.15) is 19.4 Å². The van der Waals surface area contributed by atoms with Crippen LogP contribution in [0.15, 0.2) is 30.7 Å². The molecule has 1 aromatic carbocycles. The Hall–Kier alpha value is -1.44. The summed E-state index contributed by atoms with van der Waals surface area (Å²) in [5, 5.41) is 0. The predicted octanol–water partition coefficient (Wildman–Crippen LogP) is 3.13. The lowest BCUT2D eigenvalue weighted by Gasteiger charge is -2.13. The first-order valence-electron chi connectivity index (χ1n) is 4.87. The molecule has 0 spiro atoms. The van der Waals surface area contributed by atoms with E-state index in [-0.39, 0.29) is 0 Å². The minimum Gasteiger partial charge on any atom is -0.458 e. The Bertz CT molecular complexity index is 353. The first kappa shape index (κ1) is 9.13. The summed E-state index contributed by atoms with van der Waals surface area (Å²) in [7, 11) is 0. The van der Waals surface area contributed by atoms with Crippen LogP contribution in [0.5, 0.6) is 11.5 Å². The van der Waals surface area contributed by atoms with Gasteiger partial charge in [-0.05, 0) is 30.0 Å². The summed E-state index contributed by atoms with van der Waals surface area (Å²) in [5.41, 5.74) is 1.29. The Kier molecular flexibility index (Phi) is 2.44. The van der Waals surface area contributed by atoms with E-state index in [4.69, 9.17) is 9.47 Å². The molecular weight excluding hydrogens is 176 g/mol. The van der Waals surface area contributed by atoms with Crippen LogP contribution in [0, 0.1) is 5.92 Å². The molecule has 0 unspecified atom stereocenters. The molecule has 0 fully saturated rings. The zero-order valence-corrected chi connectivity index (χ0v) is 8.49. The molecule has 0 radical (unpaired) electrons. The number of hydrogen-bond donors (Lipinski definition) is 0. The molecule has 1 aliphatic heterocycles. The molecule has 1 aliphatic rings. The van der Waals surface area contributed by atoms with Gasteiger partial charge in [-0.1, -0.05) is 19.9 Å². The molecule has 1 aromatic rings. The Morgan fingerprint density at radius 3 is 2.50 bits per heavy atom. The maximum atomic E-state index is 5.34. The maximum Gasteiger partial charge on any atom is 0.169 e. The monoisotopic (exact) mass is 190 g/mol. The van der Waals surface area contributed by atoms with Crippen LogP contribution in [0.4, 0.5) is 0 Å². The molecule has 2 nitrogen and oxygen atoms in total. The molecule has 0 aromatic heterocycles. The quantitative estimate of drug-likeness (QED) is 0.713. The molecule has 0 atom stereocenters. The molecule has 0 saturated heterocycles. The molecule has 0 N–H and O–H groups in total. The third kappa shape index (κ3) is 1.90. The fourth-order valence-electron chi connectivity index (χ4n) is 1.54. The first-order chi connectivity index (χ1) is 6.75. The topological polar surface area (TPSA) is 18.5 Å². The SMILES string of the molecule is CC(C)Cc1ccc2c(c1)OC=CO2. The van der Waals surface area contributed by atoms with Crippen LogP contribution in [-0.2, 0) is 6.42 Å². The number of ether oxygens (including phenoxy) is 2. The van der Waals surface area contributed by atoms with E-state index in [9.17, 15) is 0 Å². The number of benzene rings is 1. The van der Waals surface area contributed by atoms with Crippen LogP contribution in [0.3, 0.4) is 0 Å². The van der Waals surface area contributed by atoms with E-state index in [2.05, 4.69) is 19.9 Å². The molecule has 0 aliphatic carbocycles. The van der Waals surface area contributed by atoms with Crippen LogP contribution >= 0.6 is 0 Å². The van der Waals surface area contributed by atoms with E-state index in [0.29, 0.717) is 5.92 Å². The summed E-state index contributed by atoms with van der Waals surface area (Å²) in [6.07, 6.45) is 4.17. The molecule has 74 valence electrons. The van der Waals surface area contributed by atoms with Crippen molar-refractivity contribution in [3.8, 4) is 11.5 Å². The van der Waals surface area contributed by atoms with Gasteiger partial charge in [0.2, 0.25) is 0 Å². The van der Waals surface area contributed by atoms with Crippen molar-refractivity contribution in [2.45, 2.75) is 20.3 Å². The summed E-state index contributed by atoms with van der Waals surface area (Å²) in [6.45, 7) is 4.41. The molecule has 0 bridgehead atoms. The van der Waals surface area contributed by atoms with E-state index in [0.717, 1.165) is 17.9 Å². The van der Waals surface area contributed by atoms with Crippen molar-refractivity contribution in [1.29, 1.82) is 0 Å². The summed E-state index contributed by atoms with van der Waals surface area (Å²) in [5.74, 6) is 2.26. The van der Waals surface area contributed by atoms with Crippen molar-refractivity contribution in [2.75, 3.05) is 0 Å². The second kappa shape index (κ2) is 3.74. The average Bonchev–Trinajstić information content (AvgIpc) is 2.17. The minimum atomic E-state index is 0.660. The molecular formula is C12H14O2. The largest absolute Gasteiger partial charge is 0.458 e. The number of hydrogen-bond acceptors (Lipinski definition) is 2. The van der Waals surface area contributed by atoms with Gasteiger partial charge in [0.25, 0.3) is 0 Å². The first-order valence-corrected chi connectivity index (χ1v) is 4.87. The normalized spacial score (nSPS) is 13.4. The predicted molar refractivity (Wildman–Crippen MR) is 55.4 cm³/mol. The fourth-order valence-corrected chi connectivity index (χ4v) is 1.54. The van der Waals surface area contributed by atoms with Gasteiger partial charge in [0.1, 0.15) is 12.5 Å². The smallest absolute Gasteiger partial charge is 0.169 e. The molecule has 2 heteroatoms. The molecule has 0 amide bonds. The van der Waals surface area contributed by atoms with Gasteiger partial charge in [0.15, 0.2) is 11.5 Å². The van der Waals surface area contributed by atoms with Gasteiger partial charge in [0.05, 0.1) is 0 Å². The van der Waals surface area contributed by atoms with Crippen molar-refractivity contribution in [3.05, 3.63) is 36.3 Å². The van der Waals surface area contributed by atoms with Crippen LogP contribution in [-0.4, -0.2) is 0 Å². The standard InChI is InChI=1S/C12H14O2/c1-9(2)7-10-3-4-11-12(8-10)14-6-5-13-11/h3-6,8-9H,7H2,1-2H3. The summed E-state index contributed by atoms with van der Waals surface area (Å²) in [4.78, 5) is 0. The van der Waals surface area contributed by atoms with Gasteiger partial charge < -0.3 is 9.47 Å². The highest BCUT2D eigenvalue weighted by molar-refractivity contribution is 5.44. The minimum absolute atomic E-state index is 0.660. The summed E-state index contributed by atoms with van der Waals surface area (Å²) in [6, 6.07) is 6.08. The van der Waals surface area contributed by atoms with Crippen molar-refractivity contribution < 1.29 is 9.47 Å². The van der Waals surface area contributed by atoms with E-state index >= 15 is 0 Å². The highest BCUT2D eigenvalue weighted by atomic mass is 16.5.